The number of carbonyl (C=O) groups excluding carboxylic acids is 2. The number of halogens is 4. The van der Waals surface area contributed by atoms with Crippen LogP contribution in [0.15, 0.2) is 48.7 Å². The minimum atomic E-state index is -4.55. The quantitative estimate of drug-likeness (QED) is 0.616. The maximum atomic E-state index is 13.6. The van der Waals surface area contributed by atoms with E-state index in [-0.39, 0.29) is 22.8 Å². The maximum absolute atomic E-state index is 13.6. The van der Waals surface area contributed by atoms with Crippen molar-refractivity contribution < 1.29 is 31.9 Å². The van der Waals surface area contributed by atoms with Crippen LogP contribution in [-0.2, 0) is 6.18 Å². The zero-order valence-electron chi connectivity index (χ0n) is 15.3. The number of nitrogens with two attached hydrogens (primary N) is 1. The van der Waals surface area contributed by atoms with Crippen LogP contribution in [0.2, 0.25) is 0 Å². The number of carbonyl (C=O) groups is 2. The van der Waals surface area contributed by atoms with Gasteiger partial charge in [0.15, 0.2) is 11.4 Å². The summed E-state index contributed by atoms with van der Waals surface area (Å²) in [7, 11) is 1.26. The van der Waals surface area contributed by atoms with E-state index in [9.17, 15) is 27.2 Å². The van der Waals surface area contributed by atoms with Crippen molar-refractivity contribution in [3.63, 3.8) is 0 Å². The molecule has 3 aromatic rings. The number of aromatic nitrogens is 2. The Hall–Kier alpha value is -3.89. The van der Waals surface area contributed by atoms with E-state index in [0.29, 0.717) is 0 Å². The summed E-state index contributed by atoms with van der Waals surface area (Å²) in [5.74, 6) is -2.68. The molecule has 0 saturated heterocycles. The van der Waals surface area contributed by atoms with E-state index in [1.807, 2.05) is 0 Å². The van der Waals surface area contributed by atoms with E-state index in [1.54, 1.807) is 0 Å². The molecule has 0 aliphatic heterocycles. The fourth-order valence-electron chi connectivity index (χ4n) is 2.60. The molecule has 156 valence electrons. The van der Waals surface area contributed by atoms with Crippen LogP contribution in [0.4, 0.5) is 23.2 Å². The van der Waals surface area contributed by atoms with Gasteiger partial charge in [-0.3, -0.25) is 9.59 Å². The number of ether oxygens (including phenoxy) is 1. The zero-order valence-corrected chi connectivity index (χ0v) is 15.3. The van der Waals surface area contributed by atoms with Gasteiger partial charge >= 0.3 is 6.18 Å². The largest absolute Gasteiger partial charge is 0.493 e. The number of rotatable bonds is 5. The molecular weight excluding hydrogens is 408 g/mol. The number of alkyl halides is 3. The lowest BCUT2D eigenvalue weighted by atomic mass is 10.1. The van der Waals surface area contributed by atoms with Gasteiger partial charge in [0, 0.05) is 5.69 Å². The molecule has 1 heterocycles. The molecule has 0 aliphatic carbocycles. The van der Waals surface area contributed by atoms with Gasteiger partial charge in [-0.05, 0) is 36.4 Å². The minimum absolute atomic E-state index is 0.0119. The van der Waals surface area contributed by atoms with Gasteiger partial charge in [0.05, 0.1) is 30.1 Å². The highest BCUT2D eigenvalue weighted by atomic mass is 19.4. The molecule has 0 bridgehead atoms. The molecule has 2 amide bonds. The van der Waals surface area contributed by atoms with E-state index >= 15 is 0 Å². The van der Waals surface area contributed by atoms with Crippen molar-refractivity contribution >= 4 is 17.5 Å². The van der Waals surface area contributed by atoms with Gasteiger partial charge in [-0.15, -0.1) is 0 Å². The standard InChI is InChI=1S/C19H14F4N4O3/c1-30-15-9-27(12-4-2-3-10(7-12)19(21,22)23)26-16(15)18(29)25-11-5-6-14(20)13(8-11)17(24)28/h2-9H,1H3,(H2,24,28)(H,25,29). The predicted octanol–water partition coefficient (Wildman–Crippen LogP) is 3.39. The minimum Gasteiger partial charge on any atom is -0.493 e. The highest BCUT2D eigenvalue weighted by molar-refractivity contribution is 6.05. The van der Waals surface area contributed by atoms with Gasteiger partial charge in [0.1, 0.15) is 5.82 Å². The molecule has 3 rings (SSSR count). The van der Waals surface area contributed by atoms with Gasteiger partial charge < -0.3 is 15.8 Å². The molecular formula is C19H14F4N4O3. The first kappa shape index (κ1) is 20.8. The third kappa shape index (κ3) is 4.24. The molecule has 11 heteroatoms. The summed E-state index contributed by atoms with van der Waals surface area (Å²) in [5.41, 5.74) is 3.65. The summed E-state index contributed by atoms with van der Waals surface area (Å²) < 4.78 is 58.6. The van der Waals surface area contributed by atoms with Crippen molar-refractivity contribution in [2.45, 2.75) is 6.18 Å². The summed E-state index contributed by atoms with van der Waals surface area (Å²) in [6, 6.07) is 7.56. The van der Waals surface area contributed by atoms with Crippen LogP contribution in [0.1, 0.15) is 26.4 Å². The molecule has 0 radical (unpaired) electrons. The molecule has 0 saturated carbocycles. The molecule has 7 nitrogen and oxygen atoms in total. The fraction of sp³-hybridized carbons (Fsp3) is 0.105. The Morgan fingerprint density at radius 2 is 1.90 bits per heavy atom. The highest BCUT2D eigenvalue weighted by Crippen LogP contribution is 2.31. The molecule has 3 N–H and O–H groups in total. The SMILES string of the molecule is COc1cn(-c2cccc(C(F)(F)F)c2)nc1C(=O)Nc1ccc(F)c(C(N)=O)c1. The monoisotopic (exact) mass is 422 g/mol. The van der Waals surface area contributed by atoms with Gasteiger partial charge in [0.2, 0.25) is 0 Å². The number of methoxy groups -OCH3 is 1. The van der Waals surface area contributed by atoms with Crippen molar-refractivity contribution in [2.75, 3.05) is 12.4 Å². The third-order valence-corrected chi connectivity index (χ3v) is 4.04. The molecule has 0 unspecified atom stereocenters. The molecule has 0 aliphatic rings. The Balaban J connectivity index is 1.92. The second-order valence-electron chi connectivity index (χ2n) is 6.05. The van der Waals surface area contributed by atoms with Gasteiger partial charge in [-0.1, -0.05) is 6.07 Å². The number of anilines is 1. The summed E-state index contributed by atoms with van der Waals surface area (Å²) in [6.07, 6.45) is -3.31. The number of nitrogens with one attached hydrogen (secondary N) is 1. The number of amides is 2. The van der Waals surface area contributed by atoms with Crippen LogP contribution in [0.3, 0.4) is 0 Å². The Morgan fingerprint density at radius 3 is 2.53 bits per heavy atom. The van der Waals surface area contributed by atoms with Crippen LogP contribution < -0.4 is 15.8 Å². The van der Waals surface area contributed by atoms with E-state index in [2.05, 4.69) is 10.4 Å². The molecule has 1 aromatic heterocycles. The summed E-state index contributed by atoms with van der Waals surface area (Å²) in [6.45, 7) is 0. The second-order valence-corrected chi connectivity index (χ2v) is 6.05. The van der Waals surface area contributed by atoms with Gasteiger partial charge in [-0.2, -0.15) is 18.3 Å². The first-order valence-corrected chi connectivity index (χ1v) is 8.32. The van der Waals surface area contributed by atoms with Crippen LogP contribution in [0.25, 0.3) is 5.69 Å². The number of benzene rings is 2. The molecule has 0 fully saturated rings. The molecule has 0 atom stereocenters. The van der Waals surface area contributed by atoms with Crippen LogP contribution in [0.5, 0.6) is 5.75 Å². The highest BCUT2D eigenvalue weighted by Gasteiger charge is 2.30. The summed E-state index contributed by atoms with van der Waals surface area (Å²) in [4.78, 5) is 23.8. The van der Waals surface area contributed by atoms with Crippen LogP contribution >= 0.6 is 0 Å². The summed E-state index contributed by atoms with van der Waals surface area (Å²) >= 11 is 0. The van der Waals surface area contributed by atoms with Crippen molar-refractivity contribution in [3.05, 3.63) is 71.3 Å². The van der Waals surface area contributed by atoms with E-state index < -0.39 is 34.9 Å². The third-order valence-electron chi connectivity index (χ3n) is 4.04. The van der Waals surface area contributed by atoms with Crippen molar-refractivity contribution in [1.29, 1.82) is 0 Å². The Labute approximate surface area is 167 Å². The van der Waals surface area contributed by atoms with Crippen LogP contribution in [-0.4, -0.2) is 28.7 Å². The average molecular weight is 422 g/mol. The average Bonchev–Trinajstić information content (AvgIpc) is 3.13. The summed E-state index contributed by atoms with van der Waals surface area (Å²) in [5, 5.41) is 6.40. The lowest BCUT2D eigenvalue weighted by molar-refractivity contribution is -0.137. The smallest absolute Gasteiger partial charge is 0.416 e. The van der Waals surface area contributed by atoms with Gasteiger partial charge in [-0.25, -0.2) is 9.07 Å². The lowest BCUT2D eigenvalue weighted by Gasteiger charge is -2.08. The van der Waals surface area contributed by atoms with E-state index in [4.69, 9.17) is 10.5 Å². The first-order valence-electron chi connectivity index (χ1n) is 8.32. The van der Waals surface area contributed by atoms with Crippen molar-refractivity contribution in [3.8, 4) is 11.4 Å². The molecule has 30 heavy (non-hydrogen) atoms. The van der Waals surface area contributed by atoms with Crippen LogP contribution in [0, 0.1) is 5.82 Å². The number of primary amides is 1. The second kappa shape index (κ2) is 7.85. The Bertz CT molecular complexity index is 1130. The number of hydrogen-bond donors (Lipinski definition) is 2. The number of hydrogen-bond acceptors (Lipinski definition) is 4. The van der Waals surface area contributed by atoms with Gasteiger partial charge in [0.25, 0.3) is 11.8 Å². The topological polar surface area (TPSA) is 99.2 Å². The normalized spacial score (nSPS) is 11.2. The van der Waals surface area contributed by atoms with E-state index in [0.717, 1.165) is 28.9 Å². The molecule has 2 aromatic carbocycles. The predicted molar refractivity (Wildman–Crippen MR) is 98.0 cm³/mol. The van der Waals surface area contributed by atoms with E-state index in [1.165, 1.54) is 31.5 Å². The maximum Gasteiger partial charge on any atom is 0.416 e. The van der Waals surface area contributed by atoms with Crippen molar-refractivity contribution in [1.82, 2.24) is 9.78 Å². The number of nitrogens with zero attached hydrogens (tertiary/aromatic N) is 2. The fourth-order valence-corrected chi connectivity index (χ4v) is 2.60. The zero-order chi connectivity index (χ0) is 22.1. The van der Waals surface area contributed by atoms with Crippen molar-refractivity contribution in [2.24, 2.45) is 5.73 Å². The lowest BCUT2D eigenvalue weighted by Crippen LogP contribution is -2.17. The molecule has 0 spiro atoms. The first-order chi connectivity index (χ1) is 14.1. The Morgan fingerprint density at radius 1 is 1.17 bits per heavy atom. The Kier molecular flexibility index (Phi) is 5.45.